The van der Waals surface area contributed by atoms with Gasteiger partial charge in [0, 0.05) is 13.6 Å². The predicted molar refractivity (Wildman–Crippen MR) is 120 cm³/mol. The van der Waals surface area contributed by atoms with E-state index in [0.717, 1.165) is 17.9 Å². The van der Waals surface area contributed by atoms with Gasteiger partial charge in [-0.25, -0.2) is 12.8 Å². The van der Waals surface area contributed by atoms with Gasteiger partial charge in [-0.05, 0) is 36.2 Å². The highest BCUT2D eigenvalue weighted by Gasteiger charge is 2.32. The van der Waals surface area contributed by atoms with Gasteiger partial charge in [0.25, 0.3) is 0 Å². The van der Waals surface area contributed by atoms with Crippen molar-refractivity contribution in [3.05, 3.63) is 59.9 Å². The molecule has 0 heterocycles. The van der Waals surface area contributed by atoms with E-state index in [2.05, 4.69) is 5.32 Å². The summed E-state index contributed by atoms with van der Waals surface area (Å²) in [6, 6.07) is 11.4. The maximum atomic E-state index is 14.3. The Morgan fingerprint density at radius 1 is 1.12 bits per heavy atom. The van der Waals surface area contributed by atoms with Crippen molar-refractivity contribution >= 4 is 27.5 Å². The number of anilines is 1. The molecular weight excluding hydrogens is 437 g/mol. The van der Waals surface area contributed by atoms with Gasteiger partial charge in [0.05, 0.1) is 19.1 Å². The number of benzene rings is 2. The molecule has 0 aromatic heterocycles. The highest BCUT2D eigenvalue weighted by molar-refractivity contribution is 7.92. The van der Waals surface area contributed by atoms with Gasteiger partial charge in [0.1, 0.15) is 24.2 Å². The lowest BCUT2D eigenvalue weighted by Gasteiger charge is -2.32. The Kier molecular flexibility index (Phi) is 8.59. The quantitative estimate of drug-likeness (QED) is 0.580. The van der Waals surface area contributed by atoms with Crippen LogP contribution < -0.4 is 14.4 Å². The smallest absolute Gasteiger partial charge is 0.244 e. The van der Waals surface area contributed by atoms with E-state index < -0.39 is 34.3 Å². The van der Waals surface area contributed by atoms with Gasteiger partial charge in [0.15, 0.2) is 0 Å². The van der Waals surface area contributed by atoms with Crippen LogP contribution in [0.15, 0.2) is 48.5 Å². The number of ether oxygens (including phenoxy) is 1. The van der Waals surface area contributed by atoms with Gasteiger partial charge in [-0.2, -0.15) is 0 Å². The first kappa shape index (κ1) is 25.1. The minimum absolute atomic E-state index is 0.0592. The number of methoxy groups -OCH3 is 1. The van der Waals surface area contributed by atoms with E-state index in [-0.39, 0.29) is 18.1 Å². The molecule has 0 spiro atoms. The molecule has 2 amide bonds. The van der Waals surface area contributed by atoms with Crippen molar-refractivity contribution in [2.45, 2.75) is 25.9 Å². The zero-order chi connectivity index (χ0) is 23.9. The third-order valence-corrected chi connectivity index (χ3v) is 6.07. The Bertz CT molecular complexity index is 1040. The maximum Gasteiger partial charge on any atom is 0.244 e. The second-order valence-corrected chi connectivity index (χ2v) is 9.04. The summed E-state index contributed by atoms with van der Waals surface area (Å²) >= 11 is 0. The lowest BCUT2D eigenvalue weighted by Crippen LogP contribution is -2.51. The topological polar surface area (TPSA) is 96.0 Å². The fourth-order valence-electron chi connectivity index (χ4n) is 3.26. The number of nitrogens with one attached hydrogen (secondary N) is 1. The molecule has 0 aliphatic carbocycles. The molecule has 2 aromatic rings. The van der Waals surface area contributed by atoms with Crippen LogP contribution in [0.1, 0.15) is 18.9 Å². The first-order chi connectivity index (χ1) is 15.1. The van der Waals surface area contributed by atoms with E-state index in [1.807, 2.05) is 0 Å². The number of hydrogen-bond donors (Lipinski definition) is 1. The summed E-state index contributed by atoms with van der Waals surface area (Å²) in [6.07, 6.45) is 1.21. The molecule has 2 rings (SSSR count). The third-order valence-electron chi connectivity index (χ3n) is 4.94. The molecule has 32 heavy (non-hydrogen) atoms. The van der Waals surface area contributed by atoms with E-state index in [1.54, 1.807) is 31.2 Å². The molecule has 1 unspecified atom stereocenters. The summed E-state index contributed by atoms with van der Waals surface area (Å²) in [4.78, 5) is 27.1. The Labute approximate surface area is 188 Å². The number of hydrogen-bond acceptors (Lipinski definition) is 5. The van der Waals surface area contributed by atoms with Crippen LogP contribution in [0.4, 0.5) is 10.1 Å². The molecule has 0 saturated heterocycles. The average molecular weight is 466 g/mol. The SMILES string of the molecule is CCC(C(=O)NC)N(Cc1ccc(OC)cc1)C(=O)CN(c1ccccc1F)S(C)(=O)=O. The lowest BCUT2D eigenvalue weighted by atomic mass is 10.1. The Morgan fingerprint density at radius 3 is 2.25 bits per heavy atom. The molecule has 174 valence electrons. The van der Waals surface area contributed by atoms with E-state index >= 15 is 0 Å². The molecule has 0 bridgehead atoms. The lowest BCUT2D eigenvalue weighted by molar-refractivity contribution is -0.140. The van der Waals surface area contributed by atoms with Gasteiger partial charge < -0.3 is 15.0 Å². The average Bonchev–Trinajstić information content (AvgIpc) is 2.77. The highest BCUT2D eigenvalue weighted by atomic mass is 32.2. The largest absolute Gasteiger partial charge is 0.497 e. The van der Waals surface area contributed by atoms with Gasteiger partial charge in [0.2, 0.25) is 21.8 Å². The molecule has 0 aliphatic rings. The molecule has 2 aromatic carbocycles. The standard InChI is InChI=1S/C22H28FN3O5S/c1-5-19(22(28)24-2)25(14-16-10-12-17(31-3)13-11-16)21(27)15-26(32(4,29)30)20-9-7-6-8-18(20)23/h6-13,19H,5,14-15H2,1-4H3,(H,24,28). The maximum absolute atomic E-state index is 14.3. The number of amides is 2. The van der Waals surface area contributed by atoms with E-state index in [9.17, 15) is 22.4 Å². The van der Waals surface area contributed by atoms with Crippen LogP contribution in [0, 0.1) is 5.82 Å². The van der Waals surface area contributed by atoms with Crippen molar-refractivity contribution in [3.63, 3.8) is 0 Å². The van der Waals surface area contributed by atoms with Crippen LogP contribution in [0.2, 0.25) is 0 Å². The Hall–Kier alpha value is -3.14. The highest BCUT2D eigenvalue weighted by Crippen LogP contribution is 2.23. The first-order valence-corrected chi connectivity index (χ1v) is 11.8. The van der Waals surface area contributed by atoms with Crippen LogP contribution >= 0.6 is 0 Å². The van der Waals surface area contributed by atoms with Crippen molar-refractivity contribution in [1.29, 1.82) is 0 Å². The van der Waals surface area contributed by atoms with Crippen LogP contribution in [-0.2, 0) is 26.2 Å². The van der Waals surface area contributed by atoms with Gasteiger partial charge in [-0.1, -0.05) is 31.2 Å². The first-order valence-electron chi connectivity index (χ1n) is 9.98. The number of para-hydroxylation sites is 1. The molecule has 8 nitrogen and oxygen atoms in total. The normalized spacial score (nSPS) is 12.0. The number of sulfonamides is 1. The van der Waals surface area contributed by atoms with Gasteiger partial charge in [-0.15, -0.1) is 0 Å². The molecule has 0 saturated carbocycles. The Morgan fingerprint density at radius 2 is 1.75 bits per heavy atom. The van der Waals surface area contributed by atoms with Crippen LogP contribution in [0.3, 0.4) is 0 Å². The van der Waals surface area contributed by atoms with Crippen molar-refractivity contribution in [2.24, 2.45) is 0 Å². The minimum Gasteiger partial charge on any atom is -0.497 e. The summed E-state index contributed by atoms with van der Waals surface area (Å²) in [5.41, 5.74) is 0.485. The van der Waals surface area contributed by atoms with E-state index in [4.69, 9.17) is 4.74 Å². The Balaban J connectivity index is 2.42. The molecule has 10 heteroatoms. The number of carbonyl (C=O) groups is 2. The molecule has 1 N–H and O–H groups in total. The fraction of sp³-hybridized carbons (Fsp3) is 0.364. The van der Waals surface area contributed by atoms with E-state index in [0.29, 0.717) is 16.5 Å². The molecular formula is C22H28FN3O5S. The van der Waals surface area contributed by atoms with Gasteiger partial charge in [-0.3, -0.25) is 13.9 Å². The number of carbonyl (C=O) groups excluding carboxylic acids is 2. The number of halogens is 1. The zero-order valence-corrected chi connectivity index (χ0v) is 19.4. The summed E-state index contributed by atoms with van der Waals surface area (Å²) < 4.78 is 45.0. The number of rotatable bonds is 10. The number of nitrogens with zero attached hydrogens (tertiary/aromatic N) is 2. The fourth-order valence-corrected chi connectivity index (χ4v) is 4.11. The minimum atomic E-state index is -3.98. The zero-order valence-electron chi connectivity index (χ0n) is 18.5. The summed E-state index contributed by atoms with van der Waals surface area (Å²) in [6.45, 7) is 1.16. The van der Waals surface area contributed by atoms with Crippen LogP contribution in [-0.4, -0.2) is 58.1 Å². The van der Waals surface area contributed by atoms with Crippen molar-refractivity contribution in [2.75, 3.05) is 31.3 Å². The number of likely N-dealkylation sites (N-methyl/N-ethyl adjacent to an activating group) is 1. The summed E-state index contributed by atoms with van der Waals surface area (Å²) in [7, 11) is -0.985. The molecule has 0 radical (unpaired) electrons. The van der Waals surface area contributed by atoms with Crippen molar-refractivity contribution in [1.82, 2.24) is 10.2 Å². The third kappa shape index (κ3) is 6.19. The second-order valence-electron chi connectivity index (χ2n) is 7.13. The van der Waals surface area contributed by atoms with Crippen LogP contribution in [0.5, 0.6) is 5.75 Å². The van der Waals surface area contributed by atoms with Crippen molar-refractivity contribution < 1.29 is 27.1 Å². The van der Waals surface area contributed by atoms with E-state index in [1.165, 1.54) is 37.3 Å². The predicted octanol–water partition coefficient (Wildman–Crippen LogP) is 2.15. The monoisotopic (exact) mass is 465 g/mol. The molecule has 0 aliphatic heterocycles. The summed E-state index contributed by atoms with van der Waals surface area (Å²) in [5, 5.41) is 2.54. The molecule has 1 atom stereocenters. The van der Waals surface area contributed by atoms with Crippen molar-refractivity contribution in [3.8, 4) is 5.75 Å². The van der Waals surface area contributed by atoms with Crippen LogP contribution in [0.25, 0.3) is 0 Å². The second kappa shape index (κ2) is 10.9. The molecule has 0 fully saturated rings. The summed E-state index contributed by atoms with van der Waals surface area (Å²) in [5.74, 6) is -1.16. The van der Waals surface area contributed by atoms with Gasteiger partial charge >= 0.3 is 0 Å².